The predicted molar refractivity (Wildman–Crippen MR) is 85.7 cm³/mol. The van der Waals surface area contributed by atoms with E-state index in [9.17, 15) is 14.4 Å². The molecule has 1 saturated heterocycles. The third kappa shape index (κ3) is 2.22. The molecule has 22 heavy (non-hydrogen) atoms. The molecule has 0 radical (unpaired) electrons. The zero-order valence-electron chi connectivity index (χ0n) is 12.7. The molecule has 1 aromatic rings. The van der Waals surface area contributed by atoms with Crippen LogP contribution in [-0.4, -0.2) is 23.0 Å². The molecule has 0 aromatic heterocycles. The highest BCUT2D eigenvalue weighted by Crippen LogP contribution is 2.41. The largest absolute Gasteiger partial charge is 0.343 e. The number of carbonyl (C=O) groups is 3. The maximum absolute atomic E-state index is 13.0. The lowest BCUT2D eigenvalue weighted by Gasteiger charge is -2.31. The van der Waals surface area contributed by atoms with E-state index in [2.05, 4.69) is 21.2 Å². The Balaban J connectivity index is 2.03. The van der Waals surface area contributed by atoms with Gasteiger partial charge in [0.15, 0.2) is 5.78 Å². The Bertz CT molecular complexity index is 685. The molecule has 1 atom stereocenters. The van der Waals surface area contributed by atoms with Crippen LogP contribution in [0, 0.1) is 13.8 Å². The van der Waals surface area contributed by atoms with Crippen LogP contribution < -0.4 is 5.32 Å². The third-order valence-corrected chi connectivity index (χ3v) is 5.83. The van der Waals surface area contributed by atoms with Crippen molar-refractivity contribution >= 4 is 33.4 Å². The Hall–Kier alpha value is -1.49. The van der Waals surface area contributed by atoms with Gasteiger partial charge in [-0.15, -0.1) is 0 Å². The molecule has 1 aliphatic carbocycles. The van der Waals surface area contributed by atoms with Crippen molar-refractivity contribution in [1.82, 2.24) is 5.32 Å². The first-order chi connectivity index (χ1) is 10.4. The van der Waals surface area contributed by atoms with E-state index >= 15 is 0 Å². The second-order valence-corrected chi connectivity index (χ2v) is 7.16. The van der Waals surface area contributed by atoms with Crippen LogP contribution in [-0.2, 0) is 14.4 Å². The Morgan fingerprint density at radius 3 is 2.41 bits per heavy atom. The van der Waals surface area contributed by atoms with Crippen LogP contribution in [0.5, 0.6) is 0 Å². The van der Waals surface area contributed by atoms with Crippen LogP contribution in [0.25, 0.3) is 0 Å². The zero-order chi connectivity index (χ0) is 16.1. The molecule has 116 valence electrons. The second-order valence-electron chi connectivity index (χ2n) is 6.31. The topological polar surface area (TPSA) is 63.2 Å². The molecule has 2 aliphatic rings. The van der Waals surface area contributed by atoms with Crippen LogP contribution >= 0.6 is 15.9 Å². The van der Waals surface area contributed by atoms with Gasteiger partial charge in [-0.25, -0.2) is 0 Å². The summed E-state index contributed by atoms with van der Waals surface area (Å²) in [5.74, 6) is -0.894. The number of benzene rings is 1. The molecule has 1 unspecified atom stereocenters. The summed E-state index contributed by atoms with van der Waals surface area (Å²) in [4.78, 5) is 37.0. The Morgan fingerprint density at radius 1 is 1.14 bits per heavy atom. The van der Waals surface area contributed by atoms with E-state index < -0.39 is 11.5 Å². The molecule has 1 aromatic carbocycles. The lowest BCUT2D eigenvalue weighted by Crippen LogP contribution is -2.49. The van der Waals surface area contributed by atoms with Gasteiger partial charge in [0.1, 0.15) is 17.2 Å². The summed E-state index contributed by atoms with van der Waals surface area (Å²) in [7, 11) is 0. The van der Waals surface area contributed by atoms with Gasteiger partial charge in [-0.1, -0.05) is 22.0 Å². The minimum atomic E-state index is -0.836. The molecule has 1 amide bonds. The van der Waals surface area contributed by atoms with Gasteiger partial charge in [-0.3, -0.25) is 14.4 Å². The van der Waals surface area contributed by atoms with Crippen molar-refractivity contribution in [1.29, 1.82) is 0 Å². The third-order valence-electron chi connectivity index (χ3n) is 4.98. The quantitative estimate of drug-likeness (QED) is 0.780. The molecule has 4 nitrogen and oxygen atoms in total. The number of hydrogen-bond acceptors (Lipinski definition) is 3. The average molecular weight is 364 g/mol. The fourth-order valence-electron chi connectivity index (χ4n) is 3.64. The van der Waals surface area contributed by atoms with Crippen molar-refractivity contribution in [2.75, 3.05) is 0 Å². The summed E-state index contributed by atoms with van der Waals surface area (Å²) in [5.41, 5.74) is 1.83. The Morgan fingerprint density at radius 2 is 1.77 bits per heavy atom. The molecule has 3 rings (SSSR count). The van der Waals surface area contributed by atoms with Crippen LogP contribution in [0.4, 0.5) is 0 Å². The summed E-state index contributed by atoms with van der Waals surface area (Å²) < 4.78 is 0.897. The molecule has 1 saturated carbocycles. The minimum Gasteiger partial charge on any atom is -0.343 e. The minimum absolute atomic E-state index is 0.0747. The van der Waals surface area contributed by atoms with Crippen LogP contribution in [0.15, 0.2) is 16.6 Å². The van der Waals surface area contributed by atoms with E-state index in [0.717, 1.165) is 21.2 Å². The molecule has 1 spiro atoms. The summed E-state index contributed by atoms with van der Waals surface area (Å²) >= 11 is 3.47. The lowest BCUT2D eigenvalue weighted by atomic mass is 9.75. The normalized spacial score (nSPS) is 24.0. The number of rotatable bonds is 1. The molecule has 1 aliphatic heterocycles. The molecule has 5 heteroatoms. The lowest BCUT2D eigenvalue weighted by molar-refractivity contribution is -0.127. The number of nitrogens with one attached hydrogen (secondary N) is 1. The maximum Gasteiger partial charge on any atom is 0.235 e. The van der Waals surface area contributed by atoms with Crippen molar-refractivity contribution < 1.29 is 14.4 Å². The van der Waals surface area contributed by atoms with Gasteiger partial charge in [0.05, 0.1) is 0 Å². The first-order valence-electron chi connectivity index (χ1n) is 7.49. The second kappa shape index (κ2) is 5.30. The smallest absolute Gasteiger partial charge is 0.235 e. The van der Waals surface area contributed by atoms with Gasteiger partial charge in [0, 0.05) is 17.3 Å². The van der Waals surface area contributed by atoms with Gasteiger partial charge in [0.2, 0.25) is 5.91 Å². The maximum atomic E-state index is 13.0. The zero-order valence-corrected chi connectivity index (χ0v) is 14.2. The van der Waals surface area contributed by atoms with E-state index in [1.807, 2.05) is 26.0 Å². The fourth-order valence-corrected chi connectivity index (χ4v) is 3.98. The Labute approximate surface area is 137 Å². The fraction of sp³-hybridized carbons (Fsp3) is 0.471. The first-order valence-corrected chi connectivity index (χ1v) is 8.29. The van der Waals surface area contributed by atoms with Crippen molar-refractivity contribution in [3.8, 4) is 0 Å². The predicted octanol–water partition coefficient (Wildman–Crippen LogP) is 2.73. The number of amides is 1. The number of ketones is 2. The van der Waals surface area contributed by atoms with Gasteiger partial charge in [-0.2, -0.15) is 0 Å². The average Bonchev–Trinajstić information content (AvgIpc) is 2.71. The molecule has 0 bridgehead atoms. The van der Waals surface area contributed by atoms with Gasteiger partial charge in [-0.05, 0) is 49.4 Å². The molecular weight excluding hydrogens is 346 g/mol. The van der Waals surface area contributed by atoms with E-state index in [0.29, 0.717) is 25.7 Å². The highest BCUT2D eigenvalue weighted by Gasteiger charge is 2.54. The molecule has 1 heterocycles. The highest BCUT2D eigenvalue weighted by molar-refractivity contribution is 9.10. The summed E-state index contributed by atoms with van der Waals surface area (Å²) in [6.45, 7) is 3.84. The van der Waals surface area contributed by atoms with Gasteiger partial charge >= 0.3 is 0 Å². The van der Waals surface area contributed by atoms with E-state index in [-0.39, 0.29) is 17.5 Å². The highest BCUT2D eigenvalue weighted by atomic mass is 79.9. The van der Waals surface area contributed by atoms with Gasteiger partial charge < -0.3 is 5.32 Å². The van der Waals surface area contributed by atoms with Gasteiger partial charge in [0.25, 0.3) is 0 Å². The summed E-state index contributed by atoms with van der Waals surface area (Å²) in [6, 6.07) is 3.85. The number of halogens is 1. The summed E-state index contributed by atoms with van der Waals surface area (Å²) in [6.07, 6.45) is 1.60. The standard InChI is InChI=1S/C17H18BrNO3/c1-9-3-4-12(18)10(2)13(9)14-15(21)17(19-16(14)22)7-5-11(20)6-8-17/h3-4,14H,5-8H2,1-2H3,(H,19,22). The molecule has 2 fully saturated rings. The summed E-state index contributed by atoms with van der Waals surface area (Å²) in [5, 5.41) is 2.91. The molecule has 1 N–H and O–H groups in total. The number of hydrogen-bond donors (Lipinski definition) is 1. The Kier molecular flexibility index (Phi) is 3.71. The monoisotopic (exact) mass is 363 g/mol. The van der Waals surface area contributed by atoms with Crippen LogP contribution in [0.1, 0.15) is 48.3 Å². The van der Waals surface area contributed by atoms with E-state index in [4.69, 9.17) is 0 Å². The van der Waals surface area contributed by atoms with Crippen molar-refractivity contribution in [2.45, 2.75) is 51.0 Å². The van der Waals surface area contributed by atoms with Crippen LogP contribution in [0.2, 0.25) is 0 Å². The van der Waals surface area contributed by atoms with Crippen molar-refractivity contribution in [3.05, 3.63) is 33.3 Å². The number of aryl methyl sites for hydroxylation is 1. The van der Waals surface area contributed by atoms with E-state index in [1.165, 1.54) is 0 Å². The SMILES string of the molecule is Cc1ccc(Br)c(C)c1C1C(=O)NC2(CCC(=O)CC2)C1=O. The van der Waals surface area contributed by atoms with Crippen molar-refractivity contribution in [2.24, 2.45) is 0 Å². The number of Topliss-reactive ketones (excluding diaryl/α,β-unsaturated/α-hetero) is 2. The van der Waals surface area contributed by atoms with Crippen molar-refractivity contribution in [3.63, 3.8) is 0 Å². The van der Waals surface area contributed by atoms with Crippen LogP contribution in [0.3, 0.4) is 0 Å². The van der Waals surface area contributed by atoms with E-state index in [1.54, 1.807) is 0 Å². The first kappa shape index (κ1) is 15.4. The number of carbonyl (C=O) groups excluding carboxylic acids is 3. The molecular formula is C17H18BrNO3.